The Morgan fingerprint density at radius 3 is 2.25 bits per heavy atom. The van der Waals surface area contributed by atoms with E-state index in [1.54, 1.807) is 42.5 Å². The summed E-state index contributed by atoms with van der Waals surface area (Å²) in [7, 11) is -3.40. The number of benzene rings is 2. The molecule has 1 aliphatic carbocycles. The highest BCUT2D eigenvalue weighted by Gasteiger charge is 2.25. The average Bonchev–Trinajstić information content (AvgIpc) is 2.71. The lowest BCUT2D eigenvalue weighted by atomic mass is 9.90. The van der Waals surface area contributed by atoms with Crippen LogP contribution >= 0.6 is 11.6 Å². The van der Waals surface area contributed by atoms with Crippen LogP contribution in [0.3, 0.4) is 0 Å². The van der Waals surface area contributed by atoms with Crippen molar-refractivity contribution in [3.63, 3.8) is 0 Å². The second-order valence-corrected chi connectivity index (χ2v) is 9.06. The molecular formula is C22H24ClNO3S. The third-order valence-electron chi connectivity index (χ3n) is 4.74. The summed E-state index contributed by atoms with van der Waals surface area (Å²) in [4.78, 5) is 11.6. The molecule has 0 bridgehead atoms. The third-order valence-corrected chi connectivity index (χ3v) is 6.88. The van der Waals surface area contributed by atoms with Gasteiger partial charge >= 0.3 is 0 Å². The fourth-order valence-corrected chi connectivity index (χ4v) is 5.14. The molecular weight excluding hydrogens is 394 g/mol. The predicted molar refractivity (Wildman–Crippen MR) is 112 cm³/mol. The Morgan fingerprint density at radius 2 is 1.68 bits per heavy atom. The predicted octanol–water partition coefficient (Wildman–Crippen LogP) is 5.44. The molecule has 0 amide bonds. The lowest BCUT2D eigenvalue weighted by Crippen LogP contribution is -2.22. The van der Waals surface area contributed by atoms with Gasteiger partial charge in [0, 0.05) is 17.9 Å². The van der Waals surface area contributed by atoms with E-state index in [0.717, 1.165) is 5.56 Å². The fraction of sp³-hybridized carbons (Fsp3) is 0.364. The number of nitriles is 1. The van der Waals surface area contributed by atoms with Gasteiger partial charge in [-0.1, -0.05) is 43.6 Å². The van der Waals surface area contributed by atoms with Gasteiger partial charge in [-0.25, -0.2) is 8.42 Å². The SMILES string of the molecule is CC.N#Cc1cc(Cl)ccc1-c1ccc(S(=O)(=O)CC2CCC(=O)CC2)cc1. The molecule has 2 aromatic rings. The van der Waals surface area contributed by atoms with Gasteiger partial charge in [-0.15, -0.1) is 0 Å². The topological polar surface area (TPSA) is 75.0 Å². The van der Waals surface area contributed by atoms with Crippen LogP contribution in [-0.2, 0) is 14.6 Å². The van der Waals surface area contributed by atoms with Crippen molar-refractivity contribution in [2.24, 2.45) is 5.92 Å². The van der Waals surface area contributed by atoms with Crippen LogP contribution in [0.25, 0.3) is 11.1 Å². The third kappa shape index (κ3) is 5.43. The molecule has 1 saturated carbocycles. The maximum absolute atomic E-state index is 12.6. The summed E-state index contributed by atoms with van der Waals surface area (Å²) in [6.07, 6.45) is 2.25. The number of sulfone groups is 1. The van der Waals surface area contributed by atoms with E-state index in [-0.39, 0.29) is 22.3 Å². The number of Topliss-reactive ketones (excluding diaryl/α,β-unsaturated/α-hetero) is 1. The zero-order valence-corrected chi connectivity index (χ0v) is 17.7. The molecule has 0 saturated heterocycles. The van der Waals surface area contributed by atoms with Crippen LogP contribution in [0.1, 0.15) is 45.1 Å². The molecule has 0 aliphatic heterocycles. The average molecular weight is 418 g/mol. The highest BCUT2D eigenvalue weighted by molar-refractivity contribution is 7.91. The Bertz CT molecular complexity index is 966. The standard InChI is InChI=1S/C20H18ClNO3S.C2H6/c21-17-5-10-20(16(11-17)12-22)15-3-8-19(9-4-15)26(24,25)13-14-1-6-18(23)7-2-14;1-2/h3-5,8-11,14H,1-2,6-7,13H2;1-2H3. The van der Waals surface area contributed by atoms with Gasteiger partial charge in [-0.05, 0) is 54.2 Å². The van der Waals surface area contributed by atoms with Gasteiger partial charge in [0.2, 0.25) is 0 Å². The first kappa shape index (κ1) is 22.1. The molecule has 1 aliphatic rings. The summed E-state index contributed by atoms with van der Waals surface area (Å²) < 4.78 is 25.3. The Kier molecular flexibility index (Phi) is 7.79. The number of halogens is 1. The molecule has 2 aromatic carbocycles. The molecule has 6 heteroatoms. The van der Waals surface area contributed by atoms with Gasteiger partial charge < -0.3 is 0 Å². The molecule has 0 aromatic heterocycles. The molecule has 0 heterocycles. The molecule has 0 atom stereocenters. The molecule has 1 fully saturated rings. The summed E-state index contributed by atoms with van der Waals surface area (Å²) in [5.74, 6) is 0.336. The van der Waals surface area contributed by atoms with Gasteiger partial charge in [-0.2, -0.15) is 5.26 Å². The van der Waals surface area contributed by atoms with Crippen molar-refractivity contribution in [3.8, 4) is 17.2 Å². The molecule has 0 spiro atoms. The van der Waals surface area contributed by atoms with E-state index >= 15 is 0 Å². The zero-order chi connectivity index (χ0) is 20.7. The Morgan fingerprint density at radius 1 is 1.07 bits per heavy atom. The summed E-state index contributed by atoms with van der Waals surface area (Å²) >= 11 is 5.92. The Balaban J connectivity index is 0.00000136. The van der Waals surface area contributed by atoms with E-state index < -0.39 is 9.84 Å². The minimum atomic E-state index is -3.40. The van der Waals surface area contributed by atoms with Crippen LogP contribution in [0, 0.1) is 17.2 Å². The second kappa shape index (κ2) is 9.86. The number of carbonyl (C=O) groups is 1. The van der Waals surface area contributed by atoms with Gasteiger partial charge in [0.05, 0.1) is 22.3 Å². The molecule has 4 nitrogen and oxygen atoms in total. The van der Waals surface area contributed by atoms with E-state index in [9.17, 15) is 18.5 Å². The van der Waals surface area contributed by atoms with Gasteiger partial charge in [0.1, 0.15) is 5.78 Å². The van der Waals surface area contributed by atoms with Crippen molar-refractivity contribution in [1.29, 1.82) is 5.26 Å². The van der Waals surface area contributed by atoms with Crippen molar-refractivity contribution >= 4 is 27.2 Å². The van der Waals surface area contributed by atoms with E-state index in [4.69, 9.17) is 11.6 Å². The van der Waals surface area contributed by atoms with Gasteiger partial charge in [-0.3, -0.25) is 4.79 Å². The molecule has 3 rings (SSSR count). The number of rotatable bonds is 4. The molecule has 28 heavy (non-hydrogen) atoms. The smallest absolute Gasteiger partial charge is 0.178 e. The van der Waals surface area contributed by atoms with Crippen molar-refractivity contribution in [3.05, 3.63) is 53.1 Å². The fourth-order valence-electron chi connectivity index (χ4n) is 3.28. The Labute approximate surface area is 172 Å². The normalized spacial score (nSPS) is 14.7. The molecule has 0 radical (unpaired) electrons. The first-order valence-corrected chi connectivity index (χ1v) is 11.5. The van der Waals surface area contributed by atoms with Crippen LogP contribution < -0.4 is 0 Å². The van der Waals surface area contributed by atoms with E-state index in [1.807, 2.05) is 13.8 Å². The summed E-state index contributed by atoms with van der Waals surface area (Å²) in [5, 5.41) is 9.74. The number of hydrogen-bond donors (Lipinski definition) is 0. The highest BCUT2D eigenvalue weighted by Crippen LogP contribution is 2.29. The van der Waals surface area contributed by atoms with Gasteiger partial charge in [0.15, 0.2) is 9.84 Å². The van der Waals surface area contributed by atoms with E-state index in [1.165, 1.54) is 0 Å². The van der Waals surface area contributed by atoms with E-state index in [2.05, 4.69) is 6.07 Å². The minimum absolute atomic E-state index is 0.0406. The minimum Gasteiger partial charge on any atom is -0.300 e. The summed E-state index contributed by atoms with van der Waals surface area (Å²) in [6, 6.07) is 13.7. The molecule has 148 valence electrons. The highest BCUT2D eigenvalue weighted by atomic mass is 35.5. The number of nitrogens with zero attached hydrogens (tertiary/aromatic N) is 1. The van der Waals surface area contributed by atoms with Crippen LogP contribution in [0.4, 0.5) is 0 Å². The second-order valence-electron chi connectivity index (χ2n) is 6.59. The van der Waals surface area contributed by atoms with Crippen LogP contribution in [0.15, 0.2) is 47.4 Å². The maximum Gasteiger partial charge on any atom is 0.178 e. The number of hydrogen-bond acceptors (Lipinski definition) is 4. The Hall–Kier alpha value is -2.16. The largest absolute Gasteiger partial charge is 0.300 e. The first-order valence-electron chi connectivity index (χ1n) is 9.43. The summed E-state index contributed by atoms with van der Waals surface area (Å²) in [5.41, 5.74) is 1.92. The van der Waals surface area contributed by atoms with Gasteiger partial charge in [0.25, 0.3) is 0 Å². The number of ketones is 1. The lowest BCUT2D eigenvalue weighted by molar-refractivity contribution is -0.120. The monoisotopic (exact) mass is 417 g/mol. The maximum atomic E-state index is 12.6. The van der Waals surface area contributed by atoms with Crippen molar-refractivity contribution in [1.82, 2.24) is 0 Å². The van der Waals surface area contributed by atoms with Crippen LogP contribution in [0.5, 0.6) is 0 Å². The summed E-state index contributed by atoms with van der Waals surface area (Å²) in [6.45, 7) is 4.00. The van der Waals surface area contributed by atoms with E-state index in [0.29, 0.717) is 41.8 Å². The number of carbonyl (C=O) groups excluding carboxylic acids is 1. The van der Waals surface area contributed by atoms with Crippen molar-refractivity contribution < 1.29 is 13.2 Å². The van der Waals surface area contributed by atoms with Crippen molar-refractivity contribution in [2.45, 2.75) is 44.4 Å². The quantitative estimate of drug-likeness (QED) is 0.663. The van der Waals surface area contributed by atoms with Crippen LogP contribution in [-0.4, -0.2) is 20.0 Å². The lowest BCUT2D eigenvalue weighted by Gasteiger charge is -2.20. The van der Waals surface area contributed by atoms with Crippen LogP contribution in [0.2, 0.25) is 5.02 Å². The zero-order valence-electron chi connectivity index (χ0n) is 16.1. The van der Waals surface area contributed by atoms with Crippen molar-refractivity contribution in [2.75, 3.05) is 5.75 Å². The molecule has 0 unspecified atom stereocenters. The molecule has 0 N–H and O–H groups in total. The first-order chi connectivity index (χ1) is 13.4.